The maximum atomic E-state index is 12.5. The Balaban J connectivity index is 1.28. The molecule has 0 spiro atoms. The first-order valence-corrected chi connectivity index (χ1v) is 11.2. The van der Waals surface area contributed by atoms with Gasteiger partial charge in [-0.2, -0.15) is 5.10 Å². The fraction of sp³-hybridized carbons (Fsp3) is 0.474. The molecule has 1 aliphatic carbocycles. The molecule has 2 heterocycles. The van der Waals surface area contributed by atoms with Crippen molar-refractivity contribution < 1.29 is 4.79 Å². The lowest BCUT2D eigenvalue weighted by Crippen LogP contribution is -2.25. The summed E-state index contributed by atoms with van der Waals surface area (Å²) in [5, 5.41) is 18.8. The molecule has 27 heavy (non-hydrogen) atoms. The van der Waals surface area contributed by atoms with Crippen molar-refractivity contribution in [3.8, 4) is 0 Å². The molecule has 1 fully saturated rings. The molecule has 1 aliphatic heterocycles. The molecule has 0 bridgehead atoms. The monoisotopic (exact) mass is 401 g/mol. The summed E-state index contributed by atoms with van der Waals surface area (Å²) in [6.07, 6.45) is 7.12. The van der Waals surface area contributed by atoms with Gasteiger partial charge >= 0.3 is 0 Å². The number of hydrogen-bond donors (Lipinski definition) is 1. The zero-order valence-electron chi connectivity index (χ0n) is 15.1. The van der Waals surface area contributed by atoms with E-state index in [9.17, 15) is 4.79 Å². The molecule has 1 saturated carbocycles. The highest BCUT2D eigenvalue weighted by atomic mass is 32.2. The van der Waals surface area contributed by atoms with Crippen molar-refractivity contribution in [3.05, 3.63) is 35.9 Å². The molecule has 0 radical (unpaired) electrons. The van der Waals surface area contributed by atoms with Gasteiger partial charge < -0.3 is 5.32 Å². The third kappa shape index (κ3) is 4.87. The van der Waals surface area contributed by atoms with Crippen LogP contribution < -0.4 is 5.32 Å². The number of carbonyl (C=O) groups is 1. The van der Waals surface area contributed by atoms with Crippen LogP contribution in [0.15, 0.2) is 39.8 Å². The van der Waals surface area contributed by atoms with E-state index in [0.717, 1.165) is 27.2 Å². The highest BCUT2D eigenvalue weighted by Gasteiger charge is 2.22. The van der Waals surface area contributed by atoms with Crippen molar-refractivity contribution in [2.24, 2.45) is 5.10 Å². The van der Waals surface area contributed by atoms with Gasteiger partial charge in [0.05, 0.1) is 18.0 Å². The minimum Gasteiger partial charge on any atom is -0.357 e. The second-order valence-electron chi connectivity index (χ2n) is 6.82. The first kappa shape index (κ1) is 18.4. The van der Waals surface area contributed by atoms with Gasteiger partial charge in [0.1, 0.15) is 0 Å². The normalized spacial score (nSPS) is 17.8. The maximum Gasteiger partial charge on any atom is 0.253 e. The molecule has 2 aliphatic rings. The van der Waals surface area contributed by atoms with Gasteiger partial charge in [-0.3, -0.25) is 4.79 Å². The molecular formula is C19H23N5OS2. The molecule has 6 nitrogen and oxygen atoms in total. The van der Waals surface area contributed by atoms with Gasteiger partial charge in [-0.25, -0.2) is 5.01 Å². The average molecular weight is 402 g/mol. The van der Waals surface area contributed by atoms with Gasteiger partial charge in [-0.1, -0.05) is 72.7 Å². The Morgan fingerprint density at radius 2 is 2.00 bits per heavy atom. The summed E-state index contributed by atoms with van der Waals surface area (Å²) in [7, 11) is 0. The van der Waals surface area contributed by atoms with Crippen LogP contribution in [0.2, 0.25) is 0 Å². The van der Waals surface area contributed by atoms with E-state index in [1.54, 1.807) is 5.01 Å². The number of hydrazone groups is 1. The summed E-state index contributed by atoms with van der Waals surface area (Å²) in [4.78, 5) is 12.5. The molecule has 8 heteroatoms. The Morgan fingerprint density at radius 1 is 1.19 bits per heavy atom. The molecule has 142 valence electrons. The van der Waals surface area contributed by atoms with E-state index in [0.29, 0.717) is 18.3 Å². The van der Waals surface area contributed by atoms with E-state index < -0.39 is 0 Å². The first-order chi connectivity index (χ1) is 13.3. The molecule has 4 rings (SSSR count). The van der Waals surface area contributed by atoms with Crippen LogP contribution in [0.5, 0.6) is 0 Å². The van der Waals surface area contributed by atoms with Gasteiger partial charge in [0.25, 0.3) is 5.91 Å². The van der Waals surface area contributed by atoms with Crippen LogP contribution in [0.3, 0.4) is 0 Å². The summed E-state index contributed by atoms with van der Waals surface area (Å²) in [5.74, 6) is 0.354. The van der Waals surface area contributed by atoms with Gasteiger partial charge in [-0.05, 0) is 18.4 Å². The number of rotatable bonds is 6. The van der Waals surface area contributed by atoms with Crippen molar-refractivity contribution in [1.29, 1.82) is 0 Å². The third-order valence-corrected chi connectivity index (χ3v) is 6.83. The maximum absolute atomic E-state index is 12.5. The number of nitrogens with zero attached hydrogens (tertiary/aromatic N) is 4. The Labute approximate surface area is 167 Å². The summed E-state index contributed by atoms with van der Waals surface area (Å²) < 4.78 is 0.827. The number of thioether (sulfide) groups is 1. The van der Waals surface area contributed by atoms with E-state index in [2.05, 4.69) is 20.6 Å². The van der Waals surface area contributed by atoms with Crippen molar-refractivity contribution in [1.82, 2.24) is 15.2 Å². The lowest BCUT2D eigenvalue weighted by atomic mass is 9.96. The van der Waals surface area contributed by atoms with E-state index in [4.69, 9.17) is 0 Å². The Bertz CT molecular complexity index is 801. The lowest BCUT2D eigenvalue weighted by molar-refractivity contribution is -0.127. The molecule has 2 aromatic rings. The molecule has 1 aromatic carbocycles. The number of hydrogen-bond acceptors (Lipinski definition) is 7. The van der Waals surface area contributed by atoms with Crippen molar-refractivity contribution in [3.63, 3.8) is 0 Å². The smallest absolute Gasteiger partial charge is 0.253 e. The van der Waals surface area contributed by atoms with Crippen LogP contribution in [0, 0.1) is 0 Å². The standard InChI is InChI=1S/C19H23N5OS2/c25-17(24-12-11-16(23-24)14-7-3-1-4-8-14)13-26-19-22-21-18(27-19)20-15-9-5-2-6-10-15/h1,3-4,7-8,15H,2,5-6,9-13H2,(H,20,21). The summed E-state index contributed by atoms with van der Waals surface area (Å²) in [6, 6.07) is 10.5. The van der Waals surface area contributed by atoms with Crippen LogP contribution >= 0.6 is 23.1 Å². The first-order valence-electron chi connectivity index (χ1n) is 9.44. The number of amides is 1. The van der Waals surface area contributed by atoms with Gasteiger partial charge in [0.2, 0.25) is 5.13 Å². The highest BCUT2D eigenvalue weighted by Crippen LogP contribution is 2.28. The van der Waals surface area contributed by atoms with Crippen molar-refractivity contribution in [2.45, 2.75) is 48.9 Å². The van der Waals surface area contributed by atoms with Crippen LogP contribution in [0.25, 0.3) is 0 Å². The third-order valence-electron chi connectivity index (χ3n) is 4.86. The summed E-state index contributed by atoms with van der Waals surface area (Å²) >= 11 is 2.97. The molecule has 0 unspecified atom stereocenters. The molecule has 1 N–H and O–H groups in total. The van der Waals surface area contributed by atoms with Crippen LogP contribution in [0.4, 0.5) is 5.13 Å². The van der Waals surface area contributed by atoms with E-state index in [1.165, 1.54) is 55.2 Å². The average Bonchev–Trinajstić information content (AvgIpc) is 3.37. The quantitative estimate of drug-likeness (QED) is 0.741. The lowest BCUT2D eigenvalue weighted by Gasteiger charge is -2.21. The van der Waals surface area contributed by atoms with Crippen molar-refractivity contribution in [2.75, 3.05) is 17.6 Å². The fourth-order valence-corrected chi connectivity index (χ4v) is 5.11. The Hall–Kier alpha value is -1.93. The fourth-order valence-electron chi connectivity index (χ4n) is 3.42. The second kappa shape index (κ2) is 8.84. The van der Waals surface area contributed by atoms with E-state index in [1.807, 2.05) is 30.3 Å². The Kier molecular flexibility index (Phi) is 6.03. The molecule has 0 atom stereocenters. The second-order valence-corrected chi connectivity index (χ2v) is 9.02. The predicted octanol–water partition coefficient (Wildman–Crippen LogP) is 4.01. The topological polar surface area (TPSA) is 70.5 Å². The molecule has 1 amide bonds. The minimum atomic E-state index is 0.0166. The largest absolute Gasteiger partial charge is 0.357 e. The summed E-state index contributed by atoms with van der Waals surface area (Å²) in [5.41, 5.74) is 2.06. The number of aromatic nitrogens is 2. The van der Waals surface area contributed by atoms with E-state index >= 15 is 0 Å². The van der Waals surface area contributed by atoms with Gasteiger partial charge in [-0.15, -0.1) is 10.2 Å². The Morgan fingerprint density at radius 3 is 2.81 bits per heavy atom. The van der Waals surface area contributed by atoms with Gasteiger partial charge in [0, 0.05) is 12.5 Å². The minimum absolute atomic E-state index is 0.0166. The SMILES string of the molecule is O=C(CSc1nnc(NC2CCCCC2)s1)N1CCC(c2ccccc2)=N1. The molecule has 0 saturated heterocycles. The number of anilines is 1. The zero-order chi connectivity index (χ0) is 18.5. The van der Waals surface area contributed by atoms with Crippen LogP contribution in [-0.4, -0.2) is 45.2 Å². The molecular weight excluding hydrogens is 378 g/mol. The predicted molar refractivity (Wildman–Crippen MR) is 110 cm³/mol. The van der Waals surface area contributed by atoms with Crippen molar-refractivity contribution >= 4 is 39.8 Å². The summed E-state index contributed by atoms with van der Waals surface area (Å²) in [6.45, 7) is 0.647. The van der Waals surface area contributed by atoms with Crippen LogP contribution in [-0.2, 0) is 4.79 Å². The highest BCUT2D eigenvalue weighted by molar-refractivity contribution is 8.01. The zero-order valence-corrected chi connectivity index (χ0v) is 16.8. The van der Waals surface area contributed by atoms with Crippen LogP contribution in [0.1, 0.15) is 44.1 Å². The van der Waals surface area contributed by atoms with E-state index in [-0.39, 0.29) is 5.91 Å². The molecule has 1 aromatic heterocycles. The number of benzene rings is 1. The van der Waals surface area contributed by atoms with Gasteiger partial charge in [0.15, 0.2) is 4.34 Å². The number of carbonyl (C=O) groups excluding carboxylic acids is 1. The number of nitrogens with one attached hydrogen (secondary N) is 1.